The molecule has 2 fully saturated rings. The molecule has 24 heavy (non-hydrogen) atoms. The zero-order valence-corrected chi connectivity index (χ0v) is 13.4. The van der Waals surface area contributed by atoms with Crippen LogP contribution in [0.1, 0.15) is 22.3 Å². The van der Waals surface area contributed by atoms with Crippen LogP contribution in [-0.2, 0) is 0 Å². The smallest absolute Gasteiger partial charge is 0.277 e. The van der Waals surface area contributed by atoms with Crippen LogP contribution < -0.4 is 15.3 Å². The summed E-state index contributed by atoms with van der Waals surface area (Å²) >= 11 is 0. The molecule has 0 aliphatic carbocycles. The summed E-state index contributed by atoms with van der Waals surface area (Å²) in [5, 5.41) is 8.64. The topological polar surface area (TPSA) is 81.6 Å². The number of hydrogen-bond acceptors (Lipinski definition) is 6. The number of aromatic nitrogens is 2. The highest BCUT2D eigenvalue weighted by molar-refractivity contribution is 5.92. The van der Waals surface area contributed by atoms with Gasteiger partial charge in [-0.15, -0.1) is 0 Å². The highest BCUT2D eigenvalue weighted by atomic mass is 16.5. The number of carbonyl (C=O) groups excluding carboxylic acids is 1. The highest BCUT2D eigenvalue weighted by Crippen LogP contribution is 2.36. The Labute approximate surface area is 139 Å². The fraction of sp³-hybridized carbons (Fsp3) is 0.353. The van der Waals surface area contributed by atoms with Crippen molar-refractivity contribution in [2.75, 3.05) is 22.9 Å². The minimum Gasteiger partial charge on any atom is -0.365 e. The number of hydroxylamine groups is 1. The van der Waals surface area contributed by atoms with Crippen LogP contribution in [0.5, 0.6) is 0 Å². The first-order valence-corrected chi connectivity index (χ1v) is 8.02. The Kier molecular flexibility index (Phi) is 3.57. The van der Waals surface area contributed by atoms with Crippen molar-refractivity contribution in [3.8, 4) is 0 Å². The van der Waals surface area contributed by atoms with E-state index in [1.807, 2.05) is 0 Å². The van der Waals surface area contributed by atoms with Crippen molar-refractivity contribution >= 4 is 17.5 Å². The van der Waals surface area contributed by atoms with Gasteiger partial charge in [-0.3, -0.25) is 10.0 Å². The van der Waals surface area contributed by atoms with E-state index in [-0.39, 0.29) is 5.56 Å². The molecule has 1 aromatic heterocycles. The quantitative estimate of drug-likeness (QED) is 0.655. The SMILES string of the molecule is Cc1ccc(N2C[C@H]3C[C@H]2CN3c2ncc(C(=O)NO)cn2)cc1. The van der Waals surface area contributed by atoms with Crippen molar-refractivity contribution in [1.29, 1.82) is 0 Å². The van der Waals surface area contributed by atoms with E-state index in [4.69, 9.17) is 5.21 Å². The van der Waals surface area contributed by atoms with Crippen molar-refractivity contribution in [3.63, 3.8) is 0 Å². The molecule has 0 radical (unpaired) electrons. The lowest BCUT2D eigenvalue weighted by atomic mass is 10.2. The third-order valence-electron chi connectivity index (χ3n) is 4.87. The Morgan fingerprint density at radius 1 is 1.12 bits per heavy atom. The normalized spacial score (nSPS) is 22.1. The Hall–Kier alpha value is -2.67. The molecule has 2 aliphatic heterocycles. The molecule has 124 valence electrons. The minimum absolute atomic E-state index is 0.242. The summed E-state index contributed by atoms with van der Waals surface area (Å²) in [4.78, 5) is 24.6. The molecule has 2 aromatic rings. The number of carbonyl (C=O) groups is 1. The predicted octanol–water partition coefficient (Wildman–Crippen LogP) is 1.37. The van der Waals surface area contributed by atoms with E-state index in [0.717, 1.165) is 19.5 Å². The number of nitrogens with zero attached hydrogens (tertiary/aromatic N) is 4. The first kappa shape index (κ1) is 14.9. The van der Waals surface area contributed by atoms with E-state index in [9.17, 15) is 4.79 Å². The summed E-state index contributed by atoms with van der Waals surface area (Å²) < 4.78 is 0. The fourth-order valence-electron chi connectivity index (χ4n) is 3.62. The highest BCUT2D eigenvalue weighted by Gasteiger charge is 2.44. The van der Waals surface area contributed by atoms with Crippen molar-refractivity contribution in [1.82, 2.24) is 15.4 Å². The van der Waals surface area contributed by atoms with E-state index in [2.05, 4.69) is 51.0 Å². The largest absolute Gasteiger partial charge is 0.365 e. The summed E-state index contributed by atoms with van der Waals surface area (Å²) in [7, 11) is 0. The number of fused-ring (bicyclic) bond motifs is 2. The molecule has 1 amide bonds. The molecule has 7 heteroatoms. The van der Waals surface area contributed by atoms with E-state index in [0.29, 0.717) is 18.0 Å². The number of nitrogens with one attached hydrogen (secondary N) is 1. The summed E-state index contributed by atoms with van der Waals surface area (Å²) in [5.41, 5.74) is 4.36. The van der Waals surface area contributed by atoms with Gasteiger partial charge in [-0.05, 0) is 25.5 Å². The average molecular weight is 325 g/mol. The van der Waals surface area contributed by atoms with Crippen LogP contribution in [0.2, 0.25) is 0 Å². The maximum atomic E-state index is 11.3. The molecule has 0 unspecified atom stereocenters. The van der Waals surface area contributed by atoms with Gasteiger partial charge in [-0.1, -0.05) is 17.7 Å². The molecule has 2 N–H and O–H groups in total. The first-order chi connectivity index (χ1) is 11.7. The molecule has 1 aromatic carbocycles. The third kappa shape index (κ3) is 2.46. The molecule has 0 spiro atoms. The fourth-order valence-corrected chi connectivity index (χ4v) is 3.62. The van der Waals surface area contributed by atoms with Gasteiger partial charge < -0.3 is 9.80 Å². The molecule has 0 saturated carbocycles. The molecule has 4 rings (SSSR count). The van der Waals surface area contributed by atoms with Gasteiger partial charge in [0.15, 0.2) is 0 Å². The molecular weight excluding hydrogens is 306 g/mol. The summed E-state index contributed by atoms with van der Waals surface area (Å²) in [6, 6.07) is 9.49. The minimum atomic E-state index is -0.602. The number of rotatable bonds is 3. The summed E-state index contributed by atoms with van der Waals surface area (Å²) in [6.07, 6.45) is 3.98. The summed E-state index contributed by atoms with van der Waals surface area (Å²) in [5.74, 6) is 0.0376. The number of anilines is 2. The maximum Gasteiger partial charge on any atom is 0.277 e. The number of amides is 1. The molecule has 2 saturated heterocycles. The maximum absolute atomic E-state index is 11.3. The van der Waals surface area contributed by atoms with E-state index in [1.54, 1.807) is 5.48 Å². The van der Waals surface area contributed by atoms with E-state index in [1.165, 1.54) is 23.6 Å². The van der Waals surface area contributed by atoms with Gasteiger partial charge in [0.05, 0.1) is 11.6 Å². The van der Waals surface area contributed by atoms with Crippen LogP contribution in [0.3, 0.4) is 0 Å². The van der Waals surface area contributed by atoms with E-state index >= 15 is 0 Å². The van der Waals surface area contributed by atoms with Gasteiger partial charge in [-0.2, -0.15) is 0 Å². The third-order valence-corrected chi connectivity index (χ3v) is 4.87. The van der Waals surface area contributed by atoms with Gasteiger partial charge >= 0.3 is 0 Å². The van der Waals surface area contributed by atoms with E-state index < -0.39 is 5.91 Å². The van der Waals surface area contributed by atoms with Crippen LogP contribution in [0.15, 0.2) is 36.7 Å². The van der Waals surface area contributed by atoms with Crippen molar-refractivity contribution in [2.24, 2.45) is 0 Å². The van der Waals surface area contributed by atoms with Crippen LogP contribution in [0, 0.1) is 6.92 Å². The van der Waals surface area contributed by atoms with Crippen LogP contribution >= 0.6 is 0 Å². The number of benzene rings is 1. The Bertz CT molecular complexity index is 747. The Morgan fingerprint density at radius 2 is 1.75 bits per heavy atom. The van der Waals surface area contributed by atoms with Crippen LogP contribution in [0.4, 0.5) is 11.6 Å². The predicted molar refractivity (Wildman–Crippen MR) is 89.3 cm³/mol. The molecule has 2 atom stereocenters. The lowest BCUT2D eigenvalue weighted by Gasteiger charge is -2.35. The number of hydrogen-bond donors (Lipinski definition) is 2. The zero-order valence-electron chi connectivity index (χ0n) is 13.4. The van der Waals surface area contributed by atoms with Gasteiger partial charge in [0.1, 0.15) is 0 Å². The molecule has 2 bridgehead atoms. The number of aryl methyl sites for hydroxylation is 1. The second-order valence-corrected chi connectivity index (χ2v) is 6.40. The molecular formula is C17H19N5O2. The Morgan fingerprint density at radius 3 is 2.33 bits per heavy atom. The standard InChI is InChI=1S/C17H19N5O2/c1-11-2-4-13(5-3-11)21-9-15-6-14(21)10-22(15)17-18-7-12(8-19-17)16(23)20-24/h2-5,7-8,14-15,24H,6,9-10H2,1H3,(H,20,23)/t14-,15+/m0/s1. The second kappa shape index (κ2) is 5.76. The second-order valence-electron chi connectivity index (χ2n) is 6.40. The average Bonchev–Trinajstić information content (AvgIpc) is 3.22. The monoisotopic (exact) mass is 325 g/mol. The Balaban J connectivity index is 1.48. The van der Waals surface area contributed by atoms with Crippen molar-refractivity contribution < 1.29 is 10.0 Å². The first-order valence-electron chi connectivity index (χ1n) is 8.02. The molecule has 7 nitrogen and oxygen atoms in total. The molecule has 3 heterocycles. The lowest BCUT2D eigenvalue weighted by molar-refractivity contribution is 0.0705. The van der Waals surface area contributed by atoms with Crippen molar-refractivity contribution in [3.05, 3.63) is 47.8 Å². The molecule has 2 aliphatic rings. The van der Waals surface area contributed by atoms with Gasteiger partial charge in [0, 0.05) is 37.2 Å². The van der Waals surface area contributed by atoms with Gasteiger partial charge in [0.25, 0.3) is 5.91 Å². The van der Waals surface area contributed by atoms with Crippen LogP contribution in [-0.4, -0.2) is 46.3 Å². The van der Waals surface area contributed by atoms with Gasteiger partial charge in [0.2, 0.25) is 5.95 Å². The summed E-state index contributed by atoms with van der Waals surface area (Å²) in [6.45, 7) is 3.93. The van der Waals surface area contributed by atoms with Gasteiger partial charge in [-0.25, -0.2) is 15.4 Å². The van der Waals surface area contributed by atoms with Crippen LogP contribution in [0.25, 0.3) is 0 Å². The van der Waals surface area contributed by atoms with Crippen molar-refractivity contribution in [2.45, 2.75) is 25.4 Å². The zero-order chi connectivity index (χ0) is 16.7. The lowest BCUT2D eigenvalue weighted by Crippen LogP contribution is -2.47. The number of piperazine rings is 1.